The molecule has 2 aromatic heterocycles. The van der Waals surface area contributed by atoms with Crippen LogP contribution >= 0.6 is 11.6 Å². The molecule has 0 amide bonds. The van der Waals surface area contributed by atoms with Crippen molar-refractivity contribution in [3.8, 4) is 5.82 Å². The fourth-order valence-electron chi connectivity index (χ4n) is 1.43. The van der Waals surface area contributed by atoms with E-state index in [9.17, 15) is 18.0 Å². The molecule has 0 bridgehead atoms. The number of carboxylic acids is 1. The van der Waals surface area contributed by atoms with Gasteiger partial charge >= 0.3 is 12.1 Å². The van der Waals surface area contributed by atoms with Gasteiger partial charge in [0.15, 0.2) is 5.82 Å². The van der Waals surface area contributed by atoms with Crippen molar-refractivity contribution in [3.05, 3.63) is 34.6 Å². The number of aromatic carboxylic acids is 1. The minimum Gasteiger partial charge on any atom is -0.477 e. The van der Waals surface area contributed by atoms with Gasteiger partial charge in [0.25, 0.3) is 0 Å². The number of carbonyl (C=O) groups is 1. The summed E-state index contributed by atoms with van der Waals surface area (Å²) in [6, 6.07) is 0.658. The maximum atomic E-state index is 12.5. The maximum Gasteiger partial charge on any atom is 0.417 e. The van der Waals surface area contributed by atoms with Gasteiger partial charge in [-0.05, 0) is 6.07 Å². The smallest absolute Gasteiger partial charge is 0.417 e. The van der Waals surface area contributed by atoms with Gasteiger partial charge in [0.1, 0.15) is 11.4 Å². The van der Waals surface area contributed by atoms with Crippen molar-refractivity contribution in [2.75, 3.05) is 5.73 Å². The van der Waals surface area contributed by atoms with Crippen molar-refractivity contribution in [1.29, 1.82) is 0 Å². The monoisotopic (exact) mass is 306 g/mol. The Bertz CT molecular complexity index is 684. The van der Waals surface area contributed by atoms with Crippen LogP contribution in [0, 0.1) is 0 Å². The number of halogens is 4. The van der Waals surface area contributed by atoms with E-state index in [4.69, 9.17) is 22.4 Å². The van der Waals surface area contributed by atoms with Crippen LogP contribution < -0.4 is 5.73 Å². The third-order valence-corrected chi connectivity index (χ3v) is 2.66. The Morgan fingerprint density at radius 2 is 2.05 bits per heavy atom. The Balaban J connectivity index is 2.52. The molecule has 0 aliphatic carbocycles. The molecular formula is C10H6ClF3N4O2. The van der Waals surface area contributed by atoms with Crippen molar-refractivity contribution in [2.45, 2.75) is 6.18 Å². The van der Waals surface area contributed by atoms with E-state index in [0.717, 1.165) is 10.9 Å². The Kier molecular flexibility index (Phi) is 3.30. The molecule has 0 aliphatic heterocycles. The number of nitrogens with zero attached hydrogens (tertiary/aromatic N) is 3. The van der Waals surface area contributed by atoms with Crippen molar-refractivity contribution in [2.24, 2.45) is 0 Å². The largest absolute Gasteiger partial charge is 0.477 e. The van der Waals surface area contributed by atoms with E-state index in [-0.39, 0.29) is 22.2 Å². The summed E-state index contributed by atoms with van der Waals surface area (Å²) in [6.45, 7) is 0. The lowest BCUT2D eigenvalue weighted by Crippen LogP contribution is -2.10. The topological polar surface area (TPSA) is 94.0 Å². The SMILES string of the molecule is Nc1c(C(=O)O)cnn1-c1ncc(C(F)(F)F)cc1Cl. The summed E-state index contributed by atoms with van der Waals surface area (Å²) in [5, 5.41) is 12.1. The number of alkyl halides is 3. The van der Waals surface area contributed by atoms with Crippen LogP contribution in [0.15, 0.2) is 18.5 Å². The van der Waals surface area contributed by atoms with Crippen molar-refractivity contribution in [3.63, 3.8) is 0 Å². The highest BCUT2D eigenvalue weighted by atomic mass is 35.5. The number of hydrogen-bond acceptors (Lipinski definition) is 4. The Labute approximate surface area is 114 Å². The molecule has 0 saturated carbocycles. The van der Waals surface area contributed by atoms with Crippen LogP contribution in [-0.2, 0) is 6.18 Å². The molecule has 0 radical (unpaired) electrons. The van der Waals surface area contributed by atoms with Crippen LogP contribution in [-0.4, -0.2) is 25.8 Å². The molecule has 0 atom stereocenters. The van der Waals surface area contributed by atoms with E-state index in [2.05, 4.69) is 10.1 Å². The summed E-state index contributed by atoms with van der Waals surface area (Å²) >= 11 is 5.70. The fourth-order valence-corrected chi connectivity index (χ4v) is 1.68. The Hall–Kier alpha value is -2.29. The summed E-state index contributed by atoms with van der Waals surface area (Å²) in [5.74, 6) is -1.80. The third kappa shape index (κ3) is 2.39. The number of nitrogens with two attached hydrogens (primary N) is 1. The molecule has 20 heavy (non-hydrogen) atoms. The number of nitrogen functional groups attached to an aromatic ring is 1. The number of hydrogen-bond donors (Lipinski definition) is 2. The van der Waals surface area contributed by atoms with E-state index >= 15 is 0 Å². The fraction of sp³-hybridized carbons (Fsp3) is 0.100. The van der Waals surface area contributed by atoms with E-state index in [0.29, 0.717) is 12.3 Å². The molecule has 10 heteroatoms. The zero-order valence-corrected chi connectivity index (χ0v) is 10.3. The minimum absolute atomic E-state index is 0.190. The normalized spacial score (nSPS) is 11.6. The molecule has 0 aromatic carbocycles. The molecule has 2 aromatic rings. The van der Waals surface area contributed by atoms with Gasteiger partial charge in [-0.1, -0.05) is 11.6 Å². The number of carboxylic acid groups (broad SMARTS) is 1. The summed E-state index contributed by atoms with van der Waals surface area (Å²) in [4.78, 5) is 14.3. The quantitative estimate of drug-likeness (QED) is 0.887. The molecule has 2 heterocycles. The van der Waals surface area contributed by atoms with Gasteiger partial charge in [-0.2, -0.15) is 23.0 Å². The molecule has 0 spiro atoms. The predicted molar refractivity (Wildman–Crippen MR) is 62.7 cm³/mol. The van der Waals surface area contributed by atoms with Crippen LogP contribution in [0.1, 0.15) is 15.9 Å². The molecule has 0 saturated heterocycles. The van der Waals surface area contributed by atoms with Crippen molar-refractivity contribution >= 4 is 23.4 Å². The summed E-state index contributed by atoms with van der Waals surface area (Å²) < 4.78 is 38.3. The van der Waals surface area contributed by atoms with E-state index < -0.39 is 17.7 Å². The van der Waals surface area contributed by atoms with Gasteiger partial charge in [-0.25, -0.2) is 9.78 Å². The zero-order chi connectivity index (χ0) is 15.1. The van der Waals surface area contributed by atoms with Crippen LogP contribution in [0.3, 0.4) is 0 Å². The average Bonchev–Trinajstić information content (AvgIpc) is 2.70. The van der Waals surface area contributed by atoms with Crippen LogP contribution in [0.4, 0.5) is 19.0 Å². The molecule has 0 aliphatic rings. The van der Waals surface area contributed by atoms with E-state index in [1.807, 2.05) is 0 Å². The summed E-state index contributed by atoms with van der Waals surface area (Å²) in [6.07, 6.45) is -3.08. The second kappa shape index (κ2) is 4.67. The lowest BCUT2D eigenvalue weighted by Gasteiger charge is -2.09. The van der Waals surface area contributed by atoms with Gasteiger partial charge in [-0.3, -0.25) is 0 Å². The molecule has 6 nitrogen and oxygen atoms in total. The molecule has 2 rings (SSSR count). The lowest BCUT2D eigenvalue weighted by atomic mass is 10.3. The number of anilines is 1. The summed E-state index contributed by atoms with van der Waals surface area (Å²) in [7, 11) is 0. The van der Waals surface area contributed by atoms with Gasteiger partial charge in [0.05, 0.1) is 16.8 Å². The first-order valence-corrected chi connectivity index (χ1v) is 5.39. The first kappa shape index (κ1) is 14.1. The first-order chi connectivity index (χ1) is 9.21. The molecule has 106 valence electrons. The highest BCUT2D eigenvalue weighted by Gasteiger charge is 2.32. The lowest BCUT2D eigenvalue weighted by molar-refractivity contribution is -0.137. The average molecular weight is 307 g/mol. The number of aromatic nitrogens is 3. The molecule has 0 unspecified atom stereocenters. The van der Waals surface area contributed by atoms with E-state index in [1.165, 1.54) is 0 Å². The second-order valence-electron chi connectivity index (χ2n) is 3.69. The predicted octanol–water partition coefficient (Wildman–Crippen LogP) is 2.22. The second-order valence-corrected chi connectivity index (χ2v) is 4.09. The van der Waals surface area contributed by atoms with Gasteiger partial charge in [-0.15, -0.1) is 0 Å². The highest BCUT2D eigenvalue weighted by Crippen LogP contribution is 2.32. The standard InChI is InChI=1S/C10H6ClF3N4O2/c11-6-1-4(10(12,13)14)2-16-8(6)18-7(15)5(3-17-18)9(19)20/h1-3H,15H2,(H,19,20). The van der Waals surface area contributed by atoms with Gasteiger partial charge in [0, 0.05) is 6.20 Å². The third-order valence-electron chi connectivity index (χ3n) is 2.39. The maximum absolute atomic E-state index is 12.5. The van der Waals surface area contributed by atoms with Crippen LogP contribution in [0.2, 0.25) is 5.02 Å². The number of pyridine rings is 1. The Morgan fingerprint density at radius 3 is 2.50 bits per heavy atom. The molecule has 3 N–H and O–H groups in total. The van der Waals surface area contributed by atoms with E-state index in [1.54, 1.807) is 0 Å². The van der Waals surface area contributed by atoms with Crippen molar-refractivity contribution in [1.82, 2.24) is 14.8 Å². The van der Waals surface area contributed by atoms with Crippen LogP contribution in [0.25, 0.3) is 5.82 Å². The van der Waals surface area contributed by atoms with Crippen LogP contribution in [0.5, 0.6) is 0 Å². The Morgan fingerprint density at radius 1 is 1.40 bits per heavy atom. The minimum atomic E-state index is -4.59. The molecular weight excluding hydrogens is 301 g/mol. The highest BCUT2D eigenvalue weighted by molar-refractivity contribution is 6.32. The summed E-state index contributed by atoms with van der Waals surface area (Å²) in [5.41, 5.74) is 4.19. The first-order valence-electron chi connectivity index (χ1n) is 5.01. The van der Waals surface area contributed by atoms with Gasteiger partial charge < -0.3 is 10.8 Å². The molecule has 0 fully saturated rings. The number of rotatable bonds is 2. The zero-order valence-electron chi connectivity index (χ0n) is 9.52. The van der Waals surface area contributed by atoms with Crippen molar-refractivity contribution < 1.29 is 23.1 Å². The van der Waals surface area contributed by atoms with Gasteiger partial charge in [0.2, 0.25) is 0 Å².